The largest absolute Gasteiger partial charge is 0.490 e. The quantitative estimate of drug-likeness (QED) is 0.609. The van der Waals surface area contributed by atoms with Crippen LogP contribution in [0.15, 0.2) is 39.9 Å². The van der Waals surface area contributed by atoms with E-state index in [9.17, 15) is 0 Å². The Labute approximate surface area is 162 Å². The zero-order valence-electron chi connectivity index (χ0n) is 15.5. The van der Waals surface area contributed by atoms with E-state index < -0.39 is 0 Å². The summed E-state index contributed by atoms with van der Waals surface area (Å²) in [7, 11) is 5.87. The van der Waals surface area contributed by atoms with E-state index >= 15 is 0 Å². The molecule has 0 unspecified atom stereocenters. The Bertz CT molecular complexity index is 788. The molecule has 0 radical (unpaired) electrons. The molecule has 0 atom stereocenters. The molecule has 1 aromatic heterocycles. The number of nitrogens with zero attached hydrogens (tertiary/aromatic N) is 3. The van der Waals surface area contributed by atoms with Crippen molar-refractivity contribution in [3.05, 3.63) is 46.2 Å². The molecule has 1 N–H and O–H groups in total. The van der Waals surface area contributed by atoms with Crippen molar-refractivity contribution in [3.63, 3.8) is 0 Å². The van der Waals surface area contributed by atoms with E-state index in [1.807, 2.05) is 26.2 Å². The van der Waals surface area contributed by atoms with Gasteiger partial charge in [0.1, 0.15) is 0 Å². The van der Waals surface area contributed by atoms with Crippen molar-refractivity contribution in [2.45, 2.75) is 19.5 Å². The third-order valence-electron chi connectivity index (χ3n) is 4.31. The second-order valence-corrected chi connectivity index (χ2v) is 7.26. The smallest absolute Gasteiger partial charge is 0.194 e. The Morgan fingerprint density at radius 3 is 2.73 bits per heavy atom. The lowest BCUT2D eigenvalue weighted by Gasteiger charge is -2.22. The highest BCUT2D eigenvalue weighted by Gasteiger charge is 2.12. The molecule has 0 saturated heterocycles. The molecule has 7 heteroatoms. The van der Waals surface area contributed by atoms with Crippen LogP contribution in [0.5, 0.6) is 11.5 Å². The molecule has 26 heavy (non-hydrogen) atoms. The molecule has 0 bridgehead atoms. The van der Waals surface area contributed by atoms with Crippen molar-refractivity contribution in [1.29, 1.82) is 0 Å². The van der Waals surface area contributed by atoms with Gasteiger partial charge in [-0.2, -0.15) is 0 Å². The fourth-order valence-corrected chi connectivity index (χ4v) is 3.50. The van der Waals surface area contributed by atoms with Crippen molar-refractivity contribution in [2.75, 3.05) is 27.3 Å². The zero-order chi connectivity index (χ0) is 18.5. The first-order chi connectivity index (χ1) is 12.6. The van der Waals surface area contributed by atoms with Crippen LogP contribution in [0.25, 0.3) is 0 Å². The summed E-state index contributed by atoms with van der Waals surface area (Å²) < 4.78 is 14.6. The fraction of sp³-hybridized carbons (Fsp3) is 0.421. The number of rotatable bonds is 4. The highest BCUT2D eigenvalue weighted by Crippen LogP contribution is 2.30. The molecule has 140 valence electrons. The van der Waals surface area contributed by atoms with Gasteiger partial charge in [0, 0.05) is 50.5 Å². The van der Waals surface area contributed by atoms with Gasteiger partial charge >= 0.3 is 0 Å². The van der Waals surface area contributed by atoms with Crippen LogP contribution in [0.1, 0.15) is 17.7 Å². The Hall–Kier alpha value is -2.15. The Kier molecular flexibility index (Phi) is 6.08. The monoisotopic (exact) mass is 420 g/mol. The number of aryl methyl sites for hydroxylation is 1. The molecular weight excluding hydrogens is 396 g/mol. The van der Waals surface area contributed by atoms with E-state index in [0.717, 1.165) is 40.5 Å². The van der Waals surface area contributed by atoms with Gasteiger partial charge < -0.3 is 24.3 Å². The molecule has 2 aromatic rings. The summed E-state index contributed by atoms with van der Waals surface area (Å²) in [6.07, 6.45) is 2.96. The SMILES string of the molecule is CN=C(NCc1ccc2c(c1)OCCCO2)N(C)Cc1cc(Br)cn1C. The van der Waals surface area contributed by atoms with E-state index in [-0.39, 0.29) is 0 Å². The zero-order valence-corrected chi connectivity index (χ0v) is 17.0. The standard InChI is InChI=1S/C19H25BrN4O2/c1-21-19(24(3)13-16-10-15(20)12-23(16)2)22-11-14-5-6-17-18(9-14)26-8-4-7-25-17/h5-6,9-10,12H,4,7-8,11,13H2,1-3H3,(H,21,22). The normalized spacial score (nSPS) is 14.1. The van der Waals surface area contributed by atoms with Gasteiger partial charge in [0.05, 0.1) is 19.8 Å². The maximum atomic E-state index is 5.76. The maximum Gasteiger partial charge on any atom is 0.194 e. The molecule has 1 aromatic carbocycles. The molecule has 1 aliphatic rings. The number of fused-ring (bicyclic) bond motifs is 1. The topological polar surface area (TPSA) is 51.0 Å². The summed E-state index contributed by atoms with van der Waals surface area (Å²) in [6, 6.07) is 8.19. The molecular formula is C19H25BrN4O2. The van der Waals surface area contributed by atoms with E-state index in [4.69, 9.17) is 9.47 Å². The van der Waals surface area contributed by atoms with Crippen LogP contribution in [-0.4, -0.2) is 42.7 Å². The van der Waals surface area contributed by atoms with E-state index in [2.05, 4.69) is 54.0 Å². The van der Waals surface area contributed by atoms with Crippen LogP contribution in [-0.2, 0) is 20.1 Å². The lowest BCUT2D eigenvalue weighted by Crippen LogP contribution is -2.38. The summed E-state index contributed by atoms with van der Waals surface area (Å²) in [6.45, 7) is 2.84. The van der Waals surface area contributed by atoms with Gasteiger partial charge in [-0.1, -0.05) is 6.07 Å². The van der Waals surface area contributed by atoms with Crippen LogP contribution in [0.2, 0.25) is 0 Å². The molecule has 0 saturated carbocycles. The Morgan fingerprint density at radius 1 is 1.27 bits per heavy atom. The van der Waals surface area contributed by atoms with Crippen molar-refractivity contribution >= 4 is 21.9 Å². The molecule has 0 fully saturated rings. The second kappa shape index (κ2) is 8.49. The third kappa shape index (κ3) is 4.52. The molecule has 1 aliphatic heterocycles. The average molecular weight is 421 g/mol. The summed E-state index contributed by atoms with van der Waals surface area (Å²) in [4.78, 5) is 6.49. The van der Waals surface area contributed by atoms with Crippen molar-refractivity contribution in [1.82, 2.24) is 14.8 Å². The van der Waals surface area contributed by atoms with Crippen molar-refractivity contribution in [3.8, 4) is 11.5 Å². The van der Waals surface area contributed by atoms with Gasteiger partial charge in [-0.3, -0.25) is 4.99 Å². The van der Waals surface area contributed by atoms with Gasteiger partial charge in [-0.25, -0.2) is 0 Å². The van der Waals surface area contributed by atoms with Crippen LogP contribution in [0.3, 0.4) is 0 Å². The molecule has 2 heterocycles. The number of aromatic nitrogens is 1. The first-order valence-corrected chi connectivity index (χ1v) is 9.47. The lowest BCUT2D eigenvalue weighted by molar-refractivity contribution is 0.297. The minimum atomic E-state index is 0.671. The number of nitrogens with one attached hydrogen (secondary N) is 1. The first kappa shape index (κ1) is 18.6. The fourth-order valence-electron chi connectivity index (χ4n) is 2.92. The van der Waals surface area contributed by atoms with Gasteiger partial charge in [0.2, 0.25) is 0 Å². The predicted molar refractivity (Wildman–Crippen MR) is 107 cm³/mol. The maximum absolute atomic E-state index is 5.76. The van der Waals surface area contributed by atoms with Crippen LogP contribution < -0.4 is 14.8 Å². The molecule has 0 amide bonds. The Morgan fingerprint density at radius 2 is 2.04 bits per heavy atom. The third-order valence-corrected chi connectivity index (χ3v) is 4.74. The summed E-state index contributed by atoms with van der Waals surface area (Å²) in [5, 5.41) is 3.41. The van der Waals surface area contributed by atoms with Gasteiger partial charge in [0.15, 0.2) is 17.5 Å². The highest BCUT2D eigenvalue weighted by atomic mass is 79.9. The molecule has 0 spiro atoms. The second-order valence-electron chi connectivity index (χ2n) is 6.35. The summed E-state index contributed by atoms with van der Waals surface area (Å²) in [5.41, 5.74) is 2.34. The van der Waals surface area contributed by atoms with E-state index in [0.29, 0.717) is 19.8 Å². The Balaban J connectivity index is 1.62. The molecule has 3 rings (SSSR count). The van der Waals surface area contributed by atoms with Crippen LogP contribution >= 0.6 is 15.9 Å². The first-order valence-electron chi connectivity index (χ1n) is 8.68. The van der Waals surface area contributed by atoms with Gasteiger partial charge in [-0.15, -0.1) is 0 Å². The number of benzene rings is 1. The average Bonchev–Trinajstić information content (AvgIpc) is 2.81. The van der Waals surface area contributed by atoms with E-state index in [1.165, 1.54) is 5.69 Å². The van der Waals surface area contributed by atoms with E-state index in [1.54, 1.807) is 7.05 Å². The summed E-state index contributed by atoms with van der Waals surface area (Å²) in [5.74, 6) is 2.48. The van der Waals surface area contributed by atoms with Crippen LogP contribution in [0.4, 0.5) is 0 Å². The number of hydrogen-bond acceptors (Lipinski definition) is 3. The number of halogens is 1. The van der Waals surface area contributed by atoms with Crippen molar-refractivity contribution < 1.29 is 9.47 Å². The predicted octanol–water partition coefficient (Wildman–Crippen LogP) is 3.16. The highest BCUT2D eigenvalue weighted by molar-refractivity contribution is 9.10. The molecule has 0 aliphatic carbocycles. The van der Waals surface area contributed by atoms with Crippen LogP contribution in [0, 0.1) is 0 Å². The minimum Gasteiger partial charge on any atom is -0.490 e. The van der Waals surface area contributed by atoms with Gasteiger partial charge in [0.25, 0.3) is 0 Å². The minimum absolute atomic E-state index is 0.671. The number of hydrogen-bond donors (Lipinski definition) is 1. The van der Waals surface area contributed by atoms with Gasteiger partial charge in [-0.05, 0) is 39.7 Å². The number of ether oxygens (including phenoxy) is 2. The lowest BCUT2D eigenvalue weighted by atomic mass is 10.2. The number of aliphatic imine (C=N–C) groups is 1. The van der Waals surface area contributed by atoms with Crippen molar-refractivity contribution in [2.24, 2.45) is 12.0 Å². The molecule has 6 nitrogen and oxygen atoms in total. The summed E-state index contributed by atoms with van der Waals surface area (Å²) >= 11 is 3.52. The number of guanidine groups is 1.